The average Bonchev–Trinajstić information content (AvgIpc) is 2.66. The Hall–Kier alpha value is -2.30. The number of nitrogens with one attached hydrogen (secondary N) is 1. The Morgan fingerprint density at radius 3 is 2.60 bits per heavy atom. The van der Waals surface area contributed by atoms with Gasteiger partial charge in [0.15, 0.2) is 0 Å². The maximum absolute atomic E-state index is 11.6. The third-order valence-corrected chi connectivity index (χ3v) is 3.26. The second-order valence-electron chi connectivity index (χ2n) is 4.65. The number of carbonyl (C=O) groups is 1. The zero-order valence-corrected chi connectivity index (χ0v) is 12.0. The molecular formula is C15H19N3O2. The molecular weight excluding hydrogens is 254 g/mol. The fourth-order valence-electron chi connectivity index (χ4n) is 2.10. The molecule has 0 spiro atoms. The molecule has 1 amide bonds. The molecule has 1 heterocycles. The van der Waals surface area contributed by atoms with Gasteiger partial charge in [-0.25, -0.2) is 4.79 Å². The Kier molecular flexibility index (Phi) is 4.40. The highest BCUT2D eigenvalue weighted by molar-refractivity contribution is 5.70. The second kappa shape index (κ2) is 6.23. The van der Waals surface area contributed by atoms with Crippen molar-refractivity contribution in [3.8, 4) is 5.75 Å². The molecule has 1 aromatic carbocycles. The Bertz CT molecular complexity index is 591. The molecule has 0 fully saturated rings. The van der Waals surface area contributed by atoms with Gasteiger partial charge in [0.1, 0.15) is 5.75 Å². The summed E-state index contributed by atoms with van der Waals surface area (Å²) < 4.78 is 7.00. The highest BCUT2D eigenvalue weighted by Gasteiger charge is 2.10. The van der Waals surface area contributed by atoms with Crippen molar-refractivity contribution in [1.29, 1.82) is 0 Å². The molecule has 0 aliphatic rings. The lowest BCUT2D eigenvalue weighted by atomic mass is 10.1. The van der Waals surface area contributed by atoms with Crippen molar-refractivity contribution in [1.82, 2.24) is 15.1 Å². The molecule has 0 aliphatic carbocycles. The summed E-state index contributed by atoms with van der Waals surface area (Å²) in [7, 11) is 1.92. The monoisotopic (exact) mass is 273 g/mol. The zero-order valence-electron chi connectivity index (χ0n) is 12.0. The van der Waals surface area contributed by atoms with E-state index in [9.17, 15) is 4.79 Å². The van der Waals surface area contributed by atoms with Gasteiger partial charge in [-0.05, 0) is 38.0 Å². The fourth-order valence-corrected chi connectivity index (χ4v) is 2.10. The minimum Gasteiger partial charge on any atom is -0.410 e. The first-order valence-corrected chi connectivity index (χ1v) is 6.57. The van der Waals surface area contributed by atoms with E-state index < -0.39 is 6.09 Å². The minimum atomic E-state index is -0.435. The first-order valence-electron chi connectivity index (χ1n) is 6.57. The summed E-state index contributed by atoms with van der Waals surface area (Å²) >= 11 is 0. The van der Waals surface area contributed by atoms with Crippen LogP contribution >= 0.6 is 0 Å². The number of carbonyl (C=O) groups excluding carboxylic acids is 1. The predicted molar refractivity (Wildman–Crippen MR) is 76.9 cm³/mol. The number of ether oxygens (including phenoxy) is 1. The van der Waals surface area contributed by atoms with Crippen LogP contribution in [0, 0.1) is 13.8 Å². The molecule has 106 valence electrons. The highest BCUT2D eigenvalue weighted by Crippen LogP contribution is 2.12. The van der Waals surface area contributed by atoms with Crippen LogP contribution in [0.4, 0.5) is 4.79 Å². The van der Waals surface area contributed by atoms with Crippen molar-refractivity contribution in [3.05, 3.63) is 47.3 Å². The van der Waals surface area contributed by atoms with E-state index in [2.05, 4.69) is 10.4 Å². The van der Waals surface area contributed by atoms with Gasteiger partial charge in [-0.15, -0.1) is 0 Å². The van der Waals surface area contributed by atoms with Crippen molar-refractivity contribution in [2.45, 2.75) is 20.3 Å². The summed E-state index contributed by atoms with van der Waals surface area (Å²) in [5, 5.41) is 7.09. The minimum absolute atomic E-state index is 0.435. The number of hydrogen-bond donors (Lipinski definition) is 1. The van der Waals surface area contributed by atoms with E-state index in [-0.39, 0.29) is 0 Å². The molecule has 1 aromatic heterocycles. The highest BCUT2D eigenvalue weighted by atomic mass is 16.5. The number of benzene rings is 1. The predicted octanol–water partition coefficient (Wildman–Crippen LogP) is 2.37. The van der Waals surface area contributed by atoms with Crippen LogP contribution in [0.15, 0.2) is 30.3 Å². The lowest BCUT2D eigenvalue weighted by Crippen LogP contribution is -2.28. The van der Waals surface area contributed by atoms with Crippen LogP contribution < -0.4 is 10.1 Å². The van der Waals surface area contributed by atoms with E-state index >= 15 is 0 Å². The van der Waals surface area contributed by atoms with Crippen molar-refractivity contribution in [2.75, 3.05) is 6.54 Å². The topological polar surface area (TPSA) is 56.2 Å². The normalized spacial score (nSPS) is 10.3. The number of rotatable bonds is 4. The van der Waals surface area contributed by atoms with E-state index in [0.29, 0.717) is 12.3 Å². The van der Waals surface area contributed by atoms with Crippen LogP contribution in [0.25, 0.3) is 0 Å². The van der Waals surface area contributed by atoms with Crippen LogP contribution in [-0.2, 0) is 13.5 Å². The van der Waals surface area contributed by atoms with Gasteiger partial charge in [0, 0.05) is 19.3 Å². The van der Waals surface area contributed by atoms with Crippen molar-refractivity contribution in [3.63, 3.8) is 0 Å². The fraction of sp³-hybridized carbons (Fsp3) is 0.333. The number of nitrogens with zero attached hydrogens (tertiary/aromatic N) is 2. The first-order chi connectivity index (χ1) is 9.58. The molecule has 20 heavy (non-hydrogen) atoms. The summed E-state index contributed by atoms with van der Waals surface area (Å²) in [5.74, 6) is 0.540. The molecule has 1 N–H and O–H groups in total. The zero-order chi connectivity index (χ0) is 14.5. The molecule has 0 saturated carbocycles. The Labute approximate surface area is 118 Å². The molecule has 2 rings (SSSR count). The maximum Gasteiger partial charge on any atom is 0.412 e. The van der Waals surface area contributed by atoms with Gasteiger partial charge >= 0.3 is 6.09 Å². The first kappa shape index (κ1) is 14.1. The molecule has 0 bridgehead atoms. The third-order valence-electron chi connectivity index (χ3n) is 3.26. The molecule has 0 unspecified atom stereocenters. The second-order valence-corrected chi connectivity index (χ2v) is 4.65. The van der Waals surface area contributed by atoms with E-state index in [0.717, 1.165) is 17.8 Å². The molecule has 0 saturated heterocycles. The van der Waals surface area contributed by atoms with E-state index in [1.807, 2.05) is 43.8 Å². The summed E-state index contributed by atoms with van der Waals surface area (Å²) in [4.78, 5) is 11.6. The number of para-hydroxylation sites is 1. The number of aromatic nitrogens is 2. The molecule has 0 radical (unpaired) electrons. The van der Waals surface area contributed by atoms with Crippen LogP contribution in [0.5, 0.6) is 5.75 Å². The van der Waals surface area contributed by atoms with E-state index in [1.54, 1.807) is 12.1 Å². The van der Waals surface area contributed by atoms with Gasteiger partial charge in [-0.2, -0.15) is 5.10 Å². The van der Waals surface area contributed by atoms with Gasteiger partial charge in [0.2, 0.25) is 0 Å². The number of hydrogen-bond acceptors (Lipinski definition) is 3. The van der Waals surface area contributed by atoms with Crippen LogP contribution in [-0.4, -0.2) is 22.4 Å². The van der Waals surface area contributed by atoms with Gasteiger partial charge in [0.05, 0.1) is 5.69 Å². The van der Waals surface area contributed by atoms with Crippen LogP contribution in [0.2, 0.25) is 0 Å². The molecule has 0 atom stereocenters. The SMILES string of the molecule is Cc1nn(C)c(C)c1CCNC(=O)Oc1ccccc1. The van der Waals surface area contributed by atoms with Gasteiger partial charge in [0.25, 0.3) is 0 Å². The van der Waals surface area contributed by atoms with E-state index in [1.165, 1.54) is 5.56 Å². The Morgan fingerprint density at radius 1 is 1.30 bits per heavy atom. The Morgan fingerprint density at radius 2 is 2.00 bits per heavy atom. The summed E-state index contributed by atoms with van der Waals surface area (Å²) in [6.45, 7) is 4.53. The summed E-state index contributed by atoms with van der Waals surface area (Å²) in [6, 6.07) is 9.01. The molecule has 0 aliphatic heterocycles. The quantitative estimate of drug-likeness (QED) is 0.930. The van der Waals surface area contributed by atoms with Crippen molar-refractivity contribution < 1.29 is 9.53 Å². The largest absolute Gasteiger partial charge is 0.412 e. The molecule has 5 heteroatoms. The standard InChI is InChI=1S/C15H19N3O2/c1-11-14(12(2)18(3)17-11)9-10-16-15(19)20-13-7-5-4-6-8-13/h4-8H,9-10H2,1-3H3,(H,16,19). The lowest BCUT2D eigenvalue weighted by Gasteiger charge is -2.06. The van der Waals surface area contributed by atoms with Crippen LogP contribution in [0.3, 0.4) is 0 Å². The third kappa shape index (κ3) is 3.38. The average molecular weight is 273 g/mol. The molecule has 5 nitrogen and oxygen atoms in total. The van der Waals surface area contributed by atoms with Crippen molar-refractivity contribution >= 4 is 6.09 Å². The number of amides is 1. The van der Waals surface area contributed by atoms with E-state index in [4.69, 9.17) is 4.74 Å². The summed E-state index contributed by atoms with van der Waals surface area (Å²) in [5.41, 5.74) is 3.30. The smallest absolute Gasteiger partial charge is 0.410 e. The van der Waals surface area contributed by atoms with Crippen LogP contribution in [0.1, 0.15) is 17.0 Å². The van der Waals surface area contributed by atoms with Gasteiger partial charge in [-0.1, -0.05) is 18.2 Å². The van der Waals surface area contributed by atoms with Crippen molar-refractivity contribution in [2.24, 2.45) is 7.05 Å². The lowest BCUT2D eigenvalue weighted by molar-refractivity contribution is 0.200. The summed E-state index contributed by atoms with van der Waals surface area (Å²) in [6.07, 6.45) is 0.311. The number of aryl methyl sites for hydroxylation is 2. The van der Waals surface area contributed by atoms with Gasteiger partial charge < -0.3 is 10.1 Å². The van der Waals surface area contributed by atoms with Gasteiger partial charge in [-0.3, -0.25) is 4.68 Å². The maximum atomic E-state index is 11.6. The Balaban J connectivity index is 1.82. The molecule has 2 aromatic rings.